The van der Waals surface area contributed by atoms with Crippen molar-refractivity contribution in [1.82, 2.24) is 4.98 Å². The maximum atomic E-state index is 13.3. The van der Waals surface area contributed by atoms with Crippen molar-refractivity contribution < 1.29 is 9.59 Å². The molecule has 1 aliphatic carbocycles. The summed E-state index contributed by atoms with van der Waals surface area (Å²) in [4.78, 5) is 30.4. The Morgan fingerprint density at radius 2 is 1.83 bits per heavy atom. The molecule has 0 unspecified atom stereocenters. The first-order valence-corrected chi connectivity index (χ1v) is 9.92. The standard InChI is InChI=1S/C24H21N3O2/c1-24(2)19-12-15(27-9-7-16(28)8-10-27)4-6-17(19)23(29)22-21(24)18-5-3-14(13-25)11-20(18)26-22/h3-6,11-12,26H,7-10H2,1-2H3. The van der Waals surface area contributed by atoms with Crippen molar-refractivity contribution in [2.45, 2.75) is 32.1 Å². The van der Waals surface area contributed by atoms with E-state index in [-0.39, 0.29) is 11.2 Å². The van der Waals surface area contributed by atoms with Crippen LogP contribution in [0.3, 0.4) is 0 Å². The van der Waals surface area contributed by atoms with Gasteiger partial charge in [0.1, 0.15) is 5.78 Å². The van der Waals surface area contributed by atoms with Gasteiger partial charge in [0.15, 0.2) is 0 Å². The van der Waals surface area contributed by atoms with E-state index in [4.69, 9.17) is 0 Å². The molecule has 2 heterocycles. The van der Waals surface area contributed by atoms with Crippen LogP contribution < -0.4 is 4.90 Å². The van der Waals surface area contributed by atoms with Gasteiger partial charge in [-0.1, -0.05) is 19.9 Å². The summed E-state index contributed by atoms with van der Waals surface area (Å²) in [5, 5.41) is 10.2. The number of H-pyrrole nitrogens is 1. The van der Waals surface area contributed by atoms with Crippen LogP contribution in [0.4, 0.5) is 5.69 Å². The Kier molecular flexibility index (Phi) is 3.69. The van der Waals surface area contributed by atoms with Crippen LogP contribution in [-0.4, -0.2) is 29.6 Å². The number of fused-ring (bicyclic) bond motifs is 4. The van der Waals surface area contributed by atoms with E-state index in [1.54, 1.807) is 12.1 Å². The average Bonchev–Trinajstić information content (AvgIpc) is 3.12. The van der Waals surface area contributed by atoms with Gasteiger partial charge in [0.05, 0.1) is 17.3 Å². The van der Waals surface area contributed by atoms with Gasteiger partial charge in [-0.25, -0.2) is 0 Å². The molecule has 2 aliphatic rings. The summed E-state index contributed by atoms with van der Waals surface area (Å²) in [6.45, 7) is 5.74. The van der Waals surface area contributed by atoms with Gasteiger partial charge in [-0.05, 0) is 41.5 Å². The maximum absolute atomic E-state index is 13.3. The Hall–Kier alpha value is -3.39. The van der Waals surface area contributed by atoms with Gasteiger partial charge >= 0.3 is 0 Å². The Morgan fingerprint density at radius 3 is 2.55 bits per heavy atom. The fraction of sp³-hybridized carbons (Fsp3) is 0.292. The number of hydrogen-bond donors (Lipinski definition) is 1. The minimum absolute atomic E-state index is 0.00981. The van der Waals surface area contributed by atoms with Crippen molar-refractivity contribution in [3.63, 3.8) is 0 Å². The molecule has 0 bridgehead atoms. The van der Waals surface area contributed by atoms with E-state index in [1.165, 1.54) is 0 Å². The summed E-state index contributed by atoms with van der Waals surface area (Å²) in [7, 11) is 0. The first kappa shape index (κ1) is 17.7. The lowest BCUT2D eigenvalue weighted by atomic mass is 9.69. The molecule has 1 aliphatic heterocycles. The number of piperidine rings is 1. The molecule has 5 rings (SSSR count). The van der Waals surface area contributed by atoms with Gasteiger partial charge in [0.2, 0.25) is 5.78 Å². The van der Waals surface area contributed by atoms with E-state index in [0.29, 0.717) is 35.4 Å². The third-order valence-electron chi connectivity index (χ3n) is 6.39. The van der Waals surface area contributed by atoms with Gasteiger partial charge in [-0.15, -0.1) is 0 Å². The van der Waals surface area contributed by atoms with Crippen LogP contribution in [-0.2, 0) is 10.2 Å². The minimum Gasteiger partial charge on any atom is -0.371 e. The highest BCUT2D eigenvalue weighted by molar-refractivity contribution is 6.15. The highest BCUT2D eigenvalue weighted by atomic mass is 16.1. The zero-order chi connectivity index (χ0) is 20.3. The lowest BCUT2D eigenvalue weighted by molar-refractivity contribution is -0.119. The number of nitriles is 1. The molecule has 144 valence electrons. The second-order valence-electron chi connectivity index (χ2n) is 8.46. The molecular formula is C24H21N3O2. The molecule has 0 spiro atoms. The molecule has 1 aromatic heterocycles. The Morgan fingerprint density at radius 1 is 1.07 bits per heavy atom. The van der Waals surface area contributed by atoms with E-state index in [9.17, 15) is 14.9 Å². The molecule has 0 amide bonds. The fourth-order valence-corrected chi connectivity index (χ4v) is 4.81. The zero-order valence-corrected chi connectivity index (χ0v) is 16.5. The van der Waals surface area contributed by atoms with Gasteiger partial charge in [0, 0.05) is 53.5 Å². The number of carbonyl (C=O) groups excluding carboxylic acids is 2. The molecule has 5 heteroatoms. The summed E-state index contributed by atoms with van der Waals surface area (Å²) >= 11 is 0. The van der Waals surface area contributed by atoms with Crippen molar-refractivity contribution in [3.05, 3.63) is 64.3 Å². The van der Waals surface area contributed by atoms with E-state index in [0.717, 1.165) is 40.8 Å². The summed E-state index contributed by atoms with van der Waals surface area (Å²) in [6, 6.07) is 13.7. The van der Waals surface area contributed by atoms with Crippen molar-refractivity contribution in [2.24, 2.45) is 0 Å². The van der Waals surface area contributed by atoms with Crippen molar-refractivity contribution in [1.29, 1.82) is 5.26 Å². The normalized spacial score (nSPS) is 17.8. The molecular weight excluding hydrogens is 362 g/mol. The van der Waals surface area contributed by atoms with Crippen LogP contribution in [0.1, 0.15) is 59.4 Å². The van der Waals surface area contributed by atoms with Crippen molar-refractivity contribution in [3.8, 4) is 6.07 Å². The number of aromatic nitrogens is 1. The van der Waals surface area contributed by atoms with Crippen LogP contribution in [0.15, 0.2) is 36.4 Å². The van der Waals surface area contributed by atoms with Crippen LogP contribution in [0.25, 0.3) is 10.9 Å². The quantitative estimate of drug-likeness (QED) is 0.687. The summed E-state index contributed by atoms with van der Waals surface area (Å²) in [6.07, 6.45) is 1.15. The van der Waals surface area contributed by atoms with E-state index >= 15 is 0 Å². The lowest BCUT2D eigenvalue weighted by Crippen LogP contribution is -2.35. The van der Waals surface area contributed by atoms with Crippen LogP contribution >= 0.6 is 0 Å². The molecule has 0 atom stereocenters. The van der Waals surface area contributed by atoms with Crippen LogP contribution in [0, 0.1) is 11.3 Å². The number of nitrogens with one attached hydrogen (secondary N) is 1. The maximum Gasteiger partial charge on any atom is 0.209 e. The number of ketones is 2. The highest BCUT2D eigenvalue weighted by Crippen LogP contribution is 2.45. The summed E-state index contributed by atoms with van der Waals surface area (Å²) < 4.78 is 0. The first-order valence-electron chi connectivity index (χ1n) is 9.92. The highest BCUT2D eigenvalue weighted by Gasteiger charge is 2.40. The molecule has 0 radical (unpaired) electrons. The molecule has 1 N–H and O–H groups in total. The average molecular weight is 383 g/mol. The zero-order valence-electron chi connectivity index (χ0n) is 16.5. The molecule has 1 fully saturated rings. The van der Waals surface area contributed by atoms with Crippen LogP contribution in [0.5, 0.6) is 0 Å². The Bertz CT molecular complexity index is 1230. The third kappa shape index (κ3) is 2.52. The number of nitrogens with zero attached hydrogens (tertiary/aromatic N) is 2. The number of aromatic amines is 1. The monoisotopic (exact) mass is 383 g/mol. The number of Topliss-reactive ketones (excluding diaryl/α,β-unsaturated/α-hetero) is 1. The van der Waals surface area contributed by atoms with Crippen molar-refractivity contribution >= 4 is 28.2 Å². The molecule has 0 saturated carbocycles. The number of rotatable bonds is 1. The Labute approximate surface area is 168 Å². The lowest BCUT2D eigenvalue weighted by Gasteiger charge is -2.35. The second-order valence-corrected chi connectivity index (χ2v) is 8.46. The second kappa shape index (κ2) is 6.05. The number of anilines is 1. The smallest absolute Gasteiger partial charge is 0.209 e. The van der Waals surface area contributed by atoms with Gasteiger partial charge in [-0.2, -0.15) is 5.26 Å². The fourth-order valence-electron chi connectivity index (χ4n) is 4.81. The first-order chi connectivity index (χ1) is 13.9. The predicted molar refractivity (Wildman–Crippen MR) is 111 cm³/mol. The molecule has 2 aromatic carbocycles. The van der Waals surface area contributed by atoms with E-state index in [1.807, 2.05) is 18.2 Å². The van der Waals surface area contributed by atoms with Gasteiger partial charge in [0.25, 0.3) is 0 Å². The summed E-state index contributed by atoms with van der Waals surface area (Å²) in [5.41, 5.74) is 5.41. The molecule has 3 aromatic rings. The SMILES string of the molecule is CC1(C)c2cc(N3CCC(=O)CC3)ccc2C(=O)c2[nH]c3cc(C#N)ccc3c21. The molecule has 1 saturated heterocycles. The van der Waals surface area contributed by atoms with Gasteiger partial charge in [-0.3, -0.25) is 9.59 Å². The molecule has 29 heavy (non-hydrogen) atoms. The van der Waals surface area contributed by atoms with E-state index in [2.05, 4.69) is 35.9 Å². The minimum atomic E-state index is -0.368. The summed E-state index contributed by atoms with van der Waals surface area (Å²) in [5.74, 6) is 0.305. The largest absolute Gasteiger partial charge is 0.371 e. The third-order valence-corrected chi connectivity index (χ3v) is 6.39. The predicted octanol–water partition coefficient (Wildman–Crippen LogP) is 4.08. The Balaban J connectivity index is 1.67. The molecule has 5 nitrogen and oxygen atoms in total. The number of carbonyl (C=O) groups is 2. The number of hydrogen-bond acceptors (Lipinski definition) is 4. The topological polar surface area (TPSA) is 77.0 Å². The van der Waals surface area contributed by atoms with Gasteiger partial charge < -0.3 is 9.88 Å². The van der Waals surface area contributed by atoms with Crippen molar-refractivity contribution in [2.75, 3.05) is 18.0 Å². The van der Waals surface area contributed by atoms with E-state index < -0.39 is 0 Å². The van der Waals surface area contributed by atoms with Crippen LogP contribution in [0.2, 0.25) is 0 Å². The number of benzene rings is 2.